The summed E-state index contributed by atoms with van der Waals surface area (Å²) >= 11 is 0. The molecular formula is C14H21ClN2O4S. The van der Waals surface area contributed by atoms with E-state index in [1.165, 1.54) is 17.5 Å². The van der Waals surface area contributed by atoms with Crippen LogP contribution in [0.2, 0.25) is 0 Å². The third-order valence-electron chi connectivity index (χ3n) is 3.87. The Kier molecular flexibility index (Phi) is 6.37. The van der Waals surface area contributed by atoms with Gasteiger partial charge in [0.05, 0.1) is 17.6 Å². The van der Waals surface area contributed by atoms with Crippen LogP contribution in [0.15, 0.2) is 23.1 Å². The maximum absolute atomic E-state index is 12.8. The number of methoxy groups -OCH3 is 1. The highest BCUT2D eigenvalue weighted by atomic mass is 35.5. The molecule has 1 unspecified atom stereocenters. The van der Waals surface area contributed by atoms with Crippen LogP contribution >= 0.6 is 12.4 Å². The molecule has 1 aliphatic rings. The molecule has 6 nitrogen and oxygen atoms in total. The summed E-state index contributed by atoms with van der Waals surface area (Å²) in [5.74, 6) is -0.540. The minimum atomic E-state index is -3.65. The Labute approximate surface area is 137 Å². The summed E-state index contributed by atoms with van der Waals surface area (Å²) < 4.78 is 31.7. The average molecular weight is 349 g/mol. The van der Waals surface area contributed by atoms with Crippen molar-refractivity contribution in [2.75, 3.05) is 20.2 Å². The summed E-state index contributed by atoms with van der Waals surface area (Å²) in [4.78, 5) is 11.8. The molecule has 2 rings (SSSR count). The SMILES string of the molecule is COC(=O)c1cccc(S(=O)(=O)N2CCCC2CN)c1C.Cl. The van der Waals surface area contributed by atoms with Gasteiger partial charge in [0.1, 0.15) is 0 Å². The molecule has 1 heterocycles. The molecule has 2 N–H and O–H groups in total. The number of hydrogen-bond donors (Lipinski definition) is 1. The highest BCUT2D eigenvalue weighted by Gasteiger charge is 2.35. The van der Waals surface area contributed by atoms with Crippen LogP contribution in [0.5, 0.6) is 0 Å². The Morgan fingerprint density at radius 2 is 2.14 bits per heavy atom. The molecule has 0 bridgehead atoms. The number of nitrogens with two attached hydrogens (primary N) is 1. The molecule has 1 aliphatic heterocycles. The van der Waals surface area contributed by atoms with Crippen molar-refractivity contribution in [3.63, 3.8) is 0 Å². The van der Waals surface area contributed by atoms with Gasteiger partial charge in [0, 0.05) is 19.1 Å². The van der Waals surface area contributed by atoms with Crippen molar-refractivity contribution in [1.29, 1.82) is 0 Å². The summed E-state index contributed by atoms with van der Waals surface area (Å²) in [5.41, 5.74) is 6.33. The van der Waals surface area contributed by atoms with Gasteiger partial charge in [0.2, 0.25) is 10.0 Å². The topological polar surface area (TPSA) is 89.7 Å². The Morgan fingerprint density at radius 1 is 1.45 bits per heavy atom. The summed E-state index contributed by atoms with van der Waals surface area (Å²) in [6.07, 6.45) is 1.57. The maximum atomic E-state index is 12.8. The normalized spacial score (nSPS) is 18.8. The predicted octanol–water partition coefficient (Wildman–Crippen LogP) is 1.32. The molecule has 0 spiro atoms. The monoisotopic (exact) mass is 348 g/mol. The number of benzene rings is 1. The zero-order chi connectivity index (χ0) is 15.6. The van der Waals surface area contributed by atoms with Crippen LogP contribution in [0.4, 0.5) is 0 Å². The highest BCUT2D eigenvalue weighted by molar-refractivity contribution is 7.89. The summed E-state index contributed by atoms with van der Waals surface area (Å²) in [6, 6.07) is 4.46. The predicted molar refractivity (Wildman–Crippen MR) is 85.7 cm³/mol. The zero-order valence-corrected chi connectivity index (χ0v) is 14.2. The molecule has 0 radical (unpaired) electrons. The van der Waals surface area contributed by atoms with Crippen LogP contribution in [0, 0.1) is 6.92 Å². The van der Waals surface area contributed by atoms with Crippen molar-refractivity contribution in [1.82, 2.24) is 4.31 Å². The second-order valence-corrected chi connectivity index (χ2v) is 6.93. The number of carbonyl (C=O) groups is 1. The van der Waals surface area contributed by atoms with Crippen LogP contribution in [-0.2, 0) is 14.8 Å². The number of hydrogen-bond acceptors (Lipinski definition) is 5. The van der Waals surface area contributed by atoms with Gasteiger partial charge in [-0.15, -0.1) is 12.4 Å². The van der Waals surface area contributed by atoms with Crippen LogP contribution in [-0.4, -0.2) is 44.9 Å². The van der Waals surface area contributed by atoms with Crippen LogP contribution in [0.3, 0.4) is 0 Å². The maximum Gasteiger partial charge on any atom is 0.338 e. The number of carbonyl (C=O) groups excluding carboxylic acids is 1. The van der Waals surface area contributed by atoms with Gasteiger partial charge in [-0.1, -0.05) is 6.07 Å². The van der Waals surface area contributed by atoms with Crippen molar-refractivity contribution in [2.45, 2.75) is 30.7 Å². The fourth-order valence-corrected chi connectivity index (χ4v) is 4.67. The van der Waals surface area contributed by atoms with Crippen molar-refractivity contribution >= 4 is 28.4 Å². The van der Waals surface area contributed by atoms with E-state index >= 15 is 0 Å². The van der Waals surface area contributed by atoms with Crippen molar-refractivity contribution in [3.05, 3.63) is 29.3 Å². The van der Waals surface area contributed by atoms with Crippen LogP contribution in [0.1, 0.15) is 28.8 Å². The Bertz CT molecular complexity index is 648. The lowest BCUT2D eigenvalue weighted by molar-refractivity contribution is 0.0599. The van der Waals surface area contributed by atoms with Crippen LogP contribution < -0.4 is 5.73 Å². The van der Waals surface area contributed by atoms with E-state index in [1.807, 2.05) is 0 Å². The second-order valence-electron chi connectivity index (χ2n) is 5.07. The molecular weight excluding hydrogens is 328 g/mol. The third-order valence-corrected chi connectivity index (χ3v) is 5.97. The first-order chi connectivity index (χ1) is 9.93. The van der Waals surface area contributed by atoms with Gasteiger partial charge in [-0.3, -0.25) is 0 Å². The van der Waals surface area contributed by atoms with Crippen molar-refractivity contribution < 1.29 is 17.9 Å². The number of halogens is 1. The highest BCUT2D eigenvalue weighted by Crippen LogP contribution is 2.28. The van der Waals surface area contributed by atoms with Gasteiger partial charge in [0.15, 0.2) is 0 Å². The lowest BCUT2D eigenvalue weighted by Crippen LogP contribution is -2.40. The summed E-state index contributed by atoms with van der Waals surface area (Å²) in [5, 5.41) is 0. The van der Waals surface area contributed by atoms with Gasteiger partial charge < -0.3 is 10.5 Å². The number of sulfonamides is 1. The molecule has 8 heteroatoms. The fourth-order valence-electron chi connectivity index (χ4n) is 2.71. The lowest BCUT2D eigenvalue weighted by Gasteiger charge is -2.24. The van der Waals surface area contributed by atoms with Gasteiger partial charge in [-0.2, -0.15) is 4.31 Å². The standard InChI is InChI=1S/C14H20N2O4S.ClH/c1-10-12(14(17)20-2)6-3-7-13(10)21(18,19)16-8-4-5-11(16)9-15;/h3,6-7,11H,4-5,8-9,15H2,1-2H3;1H. The molecule has 0 aromatic heterocycles. The first-order valence-corrected chi connectivity index (χ1v) is 8.27. The van der Waals surface area contributed by atoms with Crippen LogP contribution in [0.25, 0.3) is 0 Å². The zero-order valence-electron chi connectivity index (χ0n) is 12.6. The molecule has 0 aliphatic carbocycles. The smallest absolute Gasteiger partial charge is 0.338 e. The van der Waals surface area contributed by atoms with Gasteiger partial charge >= 0.3 is 5.97 Å². The number of rotatable bonds is 4. The first kappa shape index (κ1) is 18.9. The van der Waals surface area contributed by atoms with E-state index in [1.54, 1.807) is 19.1 Å². The van der Waals surface area contributed by atoms with E-state index < -0.39 is 16.0 Å². The number of esters is 1. The molecule has 1 fully saturated rings. The summed E-state index contributed by atoms with van der Waals surface area (Å²) in [6.45, 7) is 2.38. The number of nitrogens with zero attached hydrogens (tertiary/aromatic N) is 1. The molecule has 124 valence electrons. The molecule has 1 saturated heterocycles. The summed E-state index contributed by atoms with van der Waals surface area (Å²) in [7, 11) is -2.38. The van der Waals surface area contributed by atoms with Gasteiger partial charge in [-0.25, -0.2) is 13.2 Å². The third kappa shape index (κ3) is 3.27. The Morgan fingerprint density at radius 3 is 2.73 bits per heavy atom. The molecule has 1 aromatic carbocycles. The van der Waals surface area contributed by atoms with E-state index in [4.69, 9.17) is 5.73 Å². The molecule has 0 amide bonds. The average Bonchev–Trinajstić information content (AvgIpc) is 2.95. The fraction of sp³-hybridized carbons (Fsp3) is 0.500. The molecule has 1 atom stereocenters. The second kappa shape index (κ2) is 7.41. The quantitative estimate of drug-likeness (QED) is 0.829. The van der Waals surface area contributed by atoms with E-state index in [0.717, 1.165) is 12.8 Å². The van der Waals surface area contributed by atoms with E-state index in [-0.39, 0.29) is 28.9 Å². The van der Waals surface area contributed by atoms with E-state index in [9.17, 15) is 13.2 Å². The minimum absolute atomic E-state index is 0. The molecule has 1 aromatic rings. The lowest BCUT2D eigenvalue weighted by atomic mass is 10.1. The van der Waals surface area contributed by atoms with Crippen molar-refractivity contribution in [2.24, 2.45) is 5.73 Å². The first-order valence-electron chi connectivity index (χ1n) is 6.83. The van der Waals surface area contributed by atoms with E-state index in [0.29, 0.717) is 18.7 Å². The van der Waals surface area contributed by atoms with Gasteiger partial charge in [-0.05, 0) is 37.5 Å². The van der Waals surface area contributed by atoms with E-state index in [2.05, 4.69) is 4.74 Å². The van der Waals surface area contributed by atoms with Crippen molar-refractivity contribution in [3.8, 4) is 0 Å². The molecule has 0 saturated carbocycles. The Balaban J connectivity index is 0.00000242. The molecule has 22 heavy (non-hydrogen) atoms. The Hall–Kier alpha value is -1.15. The van der Waals surface area contributed by atoms with Gasteiger partial charge in [0.25, 0.3) is 0 Å². The minimum Gasteiger partial charge on any atom is -0.465 e. The number of ether oxygens (including phenoxy) is 1. The largest absolute Gasteiger partial charge is 0.465 e.